The highest BCUT2D eigenvalue weighted by molar-refractivity contribution is 6.29. The summed E-state index contributed by atoms with van der Waals surface area (Å²) in [6.45, 7) is 1.14. The number of halogens is 1. The van der Waals surface area contributed by atoms with Crippen LogP contribution in [0.4, 0.5) is 5.69 Å². The first-order chi connectivity index (χ1) is 7.68. The molecule has 0 aliphatic carbocycles. The zero-order chi connectivity index (χ0) is 11.5. The Labute approximate surface area is 98.1 Å². The Morgan fingerprint density at radius 2 is 2.38 bits per heavy atom. The Morgan fingerprint density at radius 3 is 3.06 bits per heavy atom. The van der Waals surface area contributed by atoms with Crippen molar-refractivity contribution in [2.24, 2.45) is 0 Å². The van der Waals surface area contributed by atoms with Crippen LogP contribution in [0.15, 0.2) is 12.3 Å². The zero-order valence-electron chi connectivity index (χ0n) is 8.65. The predicted molar refractivity (Wildman–Crippen MR) is 59.9 cm³/mol. The normalized spacial score (nSPS) is 16.2. The zero-order valence-corrected chi connectivity index (χ0v) is 9.41. The van der Waals surface area contributed by atoms with Gasteiger partial charge in [0.1, 0.15) is 5.15 Å². The summed E-state index contributed by atoms with van der Waals surface area (Å²) in [6.07, 6.45) is 3.28. The van der Waals surface area contributed by atoms with E-state index in [1.165, 1.54) is 17.3 Å². The summed E-state index contributed by atoms with van der Waals surface area (Å²) < 4.78 is 0. The molecule has 0 unspecified atom stereocenters. The van der Waals surface area contributed by atoms with Crippen molar-refractivity contribution in [3.8, 4) is 0 Å². The van der Waals surface area contributed by atoms with Gasteiger partial charge in [-0.25, -0.2) is 10.0 Å². The Hall–Kier alpha value is -1.33. The fraction of sp³-hybridized carbons (Fsp3) is 0.400. The second kappa shape index (κ2) is 4.67. The molecule has 0 radical (unpaired) electrons. The first-order valence-electron chi connectivity index (χ1n) is 5.04. The Morgan fingerprint density at radius 1 is 1.56 bits per heavy atom. The van der Waals surface area contributed by atoms with Crippen LogP contribution in [0, 0.1) is 0 Å². The van der Waals surface area contributed by atoms with E-state index in [0.29, 0.717) is 24.4 Å². The number of hydroxylamine groups is 2. The molecule has 1 saturated heterocycles. The van der Waals surface area contributed by atoms with Gasteiger partial charge in [-0.15, -0.1) is 0 Å². The summed E-state index contributed by atoms with van der Waals surface area (Å²) in [5.41, 5.74) is 6.32. The summed E-state index contributed by atoms with van der Waals surface area (Å²) in [4.78, 5) is 21.1. The Bertz CT molecular complexity index is 405. The maximum atomic E-state index is 12.0. The third-order valence-electron chi connectivity index (χ3n) is 2.36. The molecule has 16 heavy (non-hydrogen) atoms. The fourth-order valence-electron chi connectivity index (χ4n) is 1.52. The van der Waals surface area contributed by atoms with Crippen molar-refractivity contribution in [1.82, 2.24) is 10.0 Å². The second-order valence-corrected chi connectivity index (χ2v) is 3.93. The van der Waals surface area contributed by atoms with Crippen LogP contribution in [-0.4, -0.2) is 29.1 Å². The van der Waals surface area contributed by atoms with Gasteiger partial charge in [-0.1, -0.05) is 11.6 Å². The number of amides is 1. The van der Waals surface area contributed by atoms with Gasteiger partial charge in [0, 0.05) is 6.54 Å². The second-order valence-electron chi connectivity index (χ2n) is 3.54. The first-order valence-corrected chi connectivity index (χ1v) is 5.42. The molecule has 1 aliphatic rings. The van der Waals surface area contributed by atoms with Crippen LogP contribution < -0.4 is 5.73 Å². The van der Waals surface area contributed by atoms with Gasteiger partial charge in [0.15, 0.2) is 0 Å². The molecule has 1 aromatic heterocycles. The van der Waals surface area contributed by atoms with Crippen molar-refractivity contribution < 1.29 is 9.63 Å². The molecule has 1 aliphatic heterocycles. The largest absolute Gasteiger partial charge is 0.397 e. The first kappa shape index (κ1) is 11.2. The van der Waals surface area contributed by atoms with Crippen molar-refractivity contribution in [2.45, 2.75) is 12.8 Å². The molecule has 6 heteroatoms. The van der Waals surface area contributed by atoms with Crippen LogP contribution in [-0.2, 0) is 4.84 Å². The Kier molecular flexibility index (Phi) is 3.26. The van der Waals surface area contributed by atoms with E-state index in [-0.39, 0.29) is 11.1 Å². The molecule has 0 aromatic carbocycles. The van der Waals surface area contributed by atoms with Crippen LogP contribution in [0.25, 0.3) is 0 Å². The van der Waals surface area contributed by atoms with Crippen LogP contribution in [0.1, 0.15) is 23.2 Å². The van der Waals surface area contributed by atoms with Crippen LogP contribution in [0.2, 0.25) is 5.15 Å². The summed E-state index contributed by atoms with van der Waals surface area (Å²) in [7, 11) is 0. The van der Waals surface area contributed by atoms with Gasteiger partial charge in [0.25, 0.3) is 5.91 Å². The average Bonchev–Trinajstić information content (AvgIpc) is 2.32. The van der Waals surface area contributed by atoms with Gasteiger partial charge >= 0.3 is 0 Å². The molecule has 1 fully saturated rings. The van der Waals surface area contributed by atoms with E-state index in [4.69, 9.17) is 22.2 Å². The number of aromatic nitrogens is 1. The van der Waals surface area contributed by atoms with E-state index in [0.717, 1.165) is 12.8 Å². The summed E-state index contributed by atoms with van der Waals surface area (Å²) in [5, 5.41) is 1.57. The number of nitrogens with zero attached hydrogens (tertiary/aromatic N) is 2. The highest BCUT2D eigenvalue weighted by Gasteiger charge is 2.21. The minimum absolute atomic E-state index is 0.245. The lowest BCUT2D eigenvalue weighted by Crippen LogP contribution is -2.36. The molecule has 2 rings (SSSR count). The molecule has 2 N–H and O–H groups in total. The quantitative estimate of drug-likeness (QED) is 0.757. The lowest BCUT2D eigenvalue weighted by atomic mass is 10.2. The number of rotatable bonds is 1. The molecule has 5 nitrogen and oxygen atoms in total. The predicted octanol–water partition coefficient (Wildman–Crippen LogP) is 1.48. The van der Waals surface area contributed by atoms with Gasteiger partial charge in [-0.2, -0.15) is 0 Å². The maximum Gasteiger partial charge on any atom is 0.279 e. The number of pyridine rings is 1. The highest BCUT2D eigenvalue weighted by Crippen LogP contribution is 2.19. The van der Waals surface area contributed by atoms with E-state index in [1.807, 2.05) is 0 Å². The third kappa shape index (κ3) is 2.25. The number of hydrogen-bond acceptors (Lipinski definition) is 4. The summed E-state index contributed by atoms with van der Waals surface area (Å²) >= 11 is 5.72. The number of carbonyl (C=O) groups excluding carboxylic acids is 1. The van der Waals surface area contributed by atoms with Gasteiger partial charge in [0.05, 0.1) is 24.1 Å². The Balaban J connectivity index is 2.22. The monoisotopic (exact) mass is 241 g/mol. The van der Waals surface area contributed by atoms with Crippen molar-refractivity contribution in [3.05, 3.63) is 23.0 Å². The minimum Gasteiger partial charge on any atom is -0.397 e. The number of anilines is 1. The minimum atomic E-state index is -0.262. The van der Waals surface area contributed by atoms with Crippen LogP contribution >= 0.6 is 11.6 Å². The SMILES string of the molecule is Nc1cnc(Cl)cc1C(=O)N1CCCCO1. The van der Waals surface area contributed by atoms with E-state index in [9.17, 15) is 4.79 Å². The number of nitrogen functional groups attached to an aromatic ring is 1. The van der Waals surface area contributed by atoms with E-state index < -0.39 is 0 Å². The van der Waals surface area contributed by atoms with Crippen LogP contribution in [0.5, 0.6) is 0 Å². The van der Waals surface area contributed by atoms with Crippen LogP contribution in [0.3, 0.4) is 0 Å². The van der Waals surface area contributed by atoms with E-state index in [2.05, 4.69) is 4.98 Å². The van der Waals surface area contributed by atoms with E-state index >= 15 is 0 Å². The van der Waals surface area contributed by atoms with E-state index in [1.54, 1.807) is 0 Å². The maximum absolute atomic E-state index is 12.0. The van der Waals surface area contributed by atoms with Gasteiger partial charge in [-0.3, -0.25) is 9.63 Å². The number of nitrogens with two attached hydrogens (primary N) is 1. The summed E-state index contributed by atoms with van der Waals surface area (Å²) in [6, 6.07) is 1.46. The average molecular weight is 242 g/mol. The lowest BCUT2D eigenvalue weighted by Gasteiger charge is -2.26. The molecule has 0 atom stereocenters. The molecule has 0 bridgehead atoms. The number of hydrogen-bond donors (Lipinski definition) is 1. The molecule has 0 saturated carbocycles. The topological polar surface area (TPSA) is 68.5 Å². The van der Waals surface area contributed by atoms with Crippen molar-refractivity contribution in [1.29, 1.82) is 0 Å². The molecule has 2 heterocycles. The van der Waals surface area contributed by atoms with Crippen molar-refractivity contribution in [2.75, 3.05) is 18.9 Å². The fourth-order valence-corrected chi connectivity index (χ4v) is 1.67. The lowest BCUT2D eigenvalue weighted by molar-refractivity contribution is -0.144. The van der Waals surface area contributed by atoms with Crippen molar-refractivity contribution in [3.63, 3.8) is 0 Å². The molecule has 0 spiro atoms. The smallest absolute Gasteiger partial charge is 0.279 e. The third-order valence-corrected chi connectivity index (χ3v) is 2.57. The van der Waals surface area contributed by atoms with Gasteiger partial charge in [0.2, 0.25) is 0 Å². The number of carbonyl (C=O) groups is 1. The molecular formula is C10H12ClN3O2. The van der Waals surface area contributed by atoms with Gasteiger partial charge < -0.3 is 5.73 Å². The molecule has 1 aromatic rings. The highest BCUT2D eigenvalue weighted by atomic mass is 35.5. The standard InChI is InChI=1S/C10H12ClN3O2/c11-9-5-7(8(12)6-13-9)10(15)14-3-1-2-4-16-14/h5-6H,1-4,12H2. The van der Waals surface area contributed by atoms with Crippen molar-refractivity contribution >= 4 is 23.2 Å². The van der Waals surface area contributed by atoms with Gasteiger partial charge in [-0.05, 0) is 18.9 Å². The molecule has 1 amide bonds. The summed E-state index contributed by atoms with van der Waals surface area (Å²) in [5.74, 6) is -0.262. The molecule has 86 valence electrons. The molecular weight excluding hydrogens is 230 g/mol.